The maximum Gasteiger partial charge on any atom is 0.401 e. The van der Waals surface area contributed by atoms with E-state index >= 15 is 0 Å². The van der Waals surface area contributed by atoms with Gasteiger partial charge in [-0.2, -0.15) is 35.1 Å². The largest absolute Gasteiger partial charge is 0.401 e. The van der Waals surface area contributed by atoms with Gasteiger partial charge < -0.3 is 9.05 Å². The Morgan fingerprint density at radius 1 is 0.688 bits per heavy atom. The van der Waals surface area contributed by atoms with Crippen LogP contribution in [0.2, 0.25) is 0 Å². The first-order chi connectivity index (χ1) is 14.0. The van der Waals surface area contributed by atoms with Gasteiger partial charge in [0.1, 0.15) is 10.8 Å². The zero-order valence-corrected chi connectivity index (χ0v) is 20.2. The second kappa shape index (κ2) is 10.9. The molecule has 0 bridgehead atoms. The van der Waals surface area contributed by atoms with Crippen LogP contribution in [0, 0.1) is 10.8 Å². The molecule has 0 amide bonds. The van der Waals surface area contributed by atoms with E-state index in [2.05, 4.69) is 9.05 Å². The molecule has 16 heteroatoms. The van der Waals surface area contributed by atoms with E-state index in [0.717, 1.165) is 0 Å². The predicted octanol–water partition coefficient (Wildman–Crippen LogP) is 6.52. The fourth-order valence-electron chi connectivity index (χ4n) is 1.44. The SMILES string of the molecule is CC(C)(C(=O)SCCOP(=O)(OCCSC(=O)C(C)(C)C(F)(F)F)C(C)(F)F)C(F)(F)F. The van der Waals surface area contributed by atoms with Gasteiger partial charge in [-0.25, -0.2) is 0 Å². The second-order valence-electron chi connectivity index (χ2n) is 7.52. The maximum absolute atomic E-state index is 13.7. The quantitative estimate of drug-likeness (QED) is 0.167. The van der Waals surface area contributed by atoms with E-state index in [1.807, 2.05) is 0 Å². The Morgan fingerprint density at radius 2 is 0.969 bits per heavy atom. The van der Waals surface area contributed by atoms with Gasteiger partial charge in [0.2, 0.25) is 10.2 Å². The number of rotatable bonds is 11. The first-order valence-corrected chi connectivity index (χ1v) is 12.3. The van der Waals surface area contributed by atoms with Crippen molar-refractivity contribution in [2.45, 2.75) is 52.6 Å². The van der Waals surface area contributed by atoms with Gasteiger partial charge in [0.15, 0.2) is 0 Å². The maximum atomic E-state index is 13.7. The lowest BCUT2D eigenvalue weighted by molar-refractivity contribution is -0.206. The van der Waals surface area contributed by atoms with Crippen LogP contribution in [0.15, 0.2) is 0 Å². The Balaban J connectivity index is 4.82. The molecule has 0 atom stereocenters. The summed E-state index contributed by atoms with van der Waals surface area (Å²) in [6, 6.07) is 0. The van der Waals surface area contributed by atoms with E-state index in [4.69, 9.17) is 0 Å². The first kappa shape index (κ1) is 31.6. The van der Waals surface area contributed by atoms with Gasteiger partial charge in [-0.3, -0.25) is 14.2 Å². The van der Waals surface area contributed by atoms with Crippen molar-refractivity contribution < 1.29 is 58.3 Å². The average molecular weight is 542 g/mol. The number of thioether (sulfide) groups is 2. The van der Waals surface area contributed by atoms with E-state index in [0.29, 0.717) is 27.7 Å². The average Bonchev–Trinajstić information content (AvgIpc) is 2.58. The highest BCUT2D eigenvalue weighted by Crippen LogP contribution is 2.61. The Labute approximate surface area is 188 Å². The summed E-state index contributed by atoms with van der Waals surface area (Å²) < 4.78 is 125. The molecule has 190 valence electrons. The zero-order valence-electron chi connectivity index (χ0n) is 17.7. The molecule has 0 aromatic rings. The van der Waals surface area contributed by atoms with Crippen molar-refractivity contribution in [2.24, 2.45) is 10.8 Å². The normalized spacial score (nSPS) is 14.5. The van der Waals surface area contributed by atoms with Crippen molar-refractivity contribution in [2.75, 3.05) is 24.7 Å². The third-order valence-electron chi connectivity index (χ3n) is 4.07. The minimum Gasteiger partial charge on any atom is -0.304 e. The third kappa shape index (κ3) is 8.14. The molecule has 0 aliphatic carbocycles. The molecule has 0 aliphatic heterocycles. The summed E-state index contributed by atoms with van der Waals surface area (Å²) in [6.45, 7) is 1.06. The fourth-order valence-corrected chi connectivity index (χ4v) is 4.54. The molecule has 5 nitrogen and oxygen atoms in total. The monoisotopic (exact) mass is 542 g/mol. The molecular formula is C16H23F8O5PS2. The number of alkyl halides is 8. The molecule has 0 aromatic heterocycles. The summed E-state index contributed by atoms with van der Waals surface area (Å²) in [6.07, 6.45) is -9.69. The van der Waals surface area contributed by atoms with E-state index in [9.17, 15) is 49.3 Å². The van der Waals surface area contributed by atoms with Crippen molar-refractivity contribution in [3.05, 3.63) is 0 Å². The van der Waals surface area contributed by atoms with Crippen LogP contribution in [0.3, 0.4) is 0 Å². The van der Waals surface area contributed by atoms with Crippen molar-refractivity contribution in [3.8, 4) is 0 Å². The van der Waals surface area contributed by atoms with Crippen LogP contribution in [0.25, 0.3) is 0 Å². The fraction of sp³-hybridized carbons (Fsp3) is 0.875. The van der Waals surface area contributed by atoms with Crippen LogP contribution in [-0.2, 0) is 23.2 Å². The molecular weight excluding hydrogens is 519 g/mol. The van der Waals surface area contributed by atoms with Crippen LogP contribution in [0.1, 0.15) is 34.6 Å². The van der Waals surface area contributed by atoms with Crippen molar-refractivity contribution in [3.63, 3.8) is 0 Å². The van der Waals surface area contributed by atoms with E-state index < -0.39 is 71.4 Å². The van der Waals surface area contributed by atoms with Gasteiger partial charge in [0, 0.05) is 18.4 Å². The van der Waals surface area contributed by atoms with Crippen LogP contribution in [0.5, 0.6) is 0 Å². The molecule has 0 heterocycles. The molecule has 0 aliphatic rings. The molecule has 0 radical (unpaired) electrons. The second-order valence-corrected chi connectivity index (χ2v) is 12.0. The Hall–Kier alpha value is -0.370. The lowest BCUT2D eigenvalue weighted by atomic mass is 9.95. The van der Waals surface area contributed by atoms with Crippen LogP contribution < -0.4 is 0 Å². The van der Waals surface area contributed by atoms with E-state index in [1.54, 1.807) is 0 Å². The number of carbonyl (C=O) groups is 2. The standard InChI is InChI=1S/C16H23F8O5PS2/c1-12(2,15(19,20)21)10(25)31-8-6-28-30(27,14(5,17)18)29-7-9-32-11(26)13(3,4)16(22,23)24/h6-9H2,1-5H3. The summed E-state index contributed by atoms with van der Waals surface area (Å²) >= 11 is 0.276. The predicted molar refractivity (Wildman–Crippen MR) is 105 cm³/mol. The third-order valence-corrected chi connectivity index (χ3v) is 8.37. The Morgan fingerprint density at radius 3 is 1.19 bits per heavy atom. The van der Waals surface area contributed by atoms with Crippen LogP contribution in [0.4, 0.5) is 35.1 Å². The summed E-state index contributed by atoms with van der Waals surface area (Å²) in [5, 5.41) is -2.62. The van der Waals surface area contributed by atoms with Crippen molar-refractivity contribution >= 4 is 41.4 Å². The number of hydrogen-bond acceptors (Lipinski definition) is 7. The Bertz CT molecular complexity index is 667. The highest BCUT2D eigenvalue weighted by molar-refractivity contribution is 8.14. The van der Waals surface area contributed by atoms with Gasteiger partial charge in [-0.1, -0.05) is 23.5 Å². The first-order valence-electron chi connectivity index (χ1n) is 8.75. The summed E-state index contributed by atoms with van der Waals surface area (Å²) in [4.78, 5) is 23.4. The minimum atomic E-state index is -5.20. The molecule has 0 saturated carbocycles. The number of hydrogen-bond donors (Lipinski definition) is 0. The molecule has 32 heavy (non-hydrogen) atoms. The van der Waals surface area contributed by atoms with Crippen LogP contribution in [-0.4, -0.2) is 53.0 Å². The molecule has 0 rings (SSSR count). The molecule has 0 N–H and O–H groups in total. The van der Waals surface area contributed by atoms with E-state index in [1.165, 1.54) is 0 Å². The molecule has 0 fully saturated rings. The van der Waals surface area contributed by atoms with Gasteiger partial charge in [-0.15, -0.1) is 0 Å². The lowest BCUT2D eigenvalue weighted by Gasteiger charge is -2.26. The number of halogens is 8. The molecule has 0 spiro atoms. The smallest absolute Gasteiger partial charge is 0.304 e. The van der Waals surface area contributed by atoms with Crippen molar-refractivity contribution in [1.29, 1.82) is 0 Å². The molecule has 0 unspecified atom stereocenters. The summed E-state index contributed by atoms with van der Waals surface area (Å²) in [5.74, 6) is -1.09. The van der Waals surface area contributed by atoms with Gasteiger partial charge in [0.25, 0.3) is 0 Å². The Kier molecular flexibility index (Phi) is 10.8. The zero-order chi connectivity index (χ0) is 25.8. The van der Waals surface area contributed by atoms with Crippen LogP contribution >= 0.6 is 31.1 Å². The molecule has 0 saturated heterocycles. The number of carbonyl (C=O) groups excluding carboxylic acids is 2. The molecule has 0 aromatic carbocycles. The lowest BCUT2D eigenvalue weighted by Crippen LogP contribution is -2.38. The van der Waals surface area contributed by atoms with Gasteiger partial charge >= 0.3 is 25.6 Å². The summed E-state index contributed by atoms with van der Waals surface area (Å²) in [7, 11) is -5.20. The minimum absolute atomic E-state index is 0.138. The van der Waals surface area contributed by atoms with Gasteiger partial charge in [0.05, 0.1) is 13.2 Å². The summed E-state index contributed by atoms with van der Waals surface area (Å²) in [5.41, 5.74) is -9.48. The van der Waals surface area contributed by atoms with Gasteiger partial charge in [-0.05, 0) is 27.7 Å². The highest BCUT2D eigenvalue weighted by Gasteiger charge is 2.54. The topological polar surface area (TPSA) is 69.7 Å². The highest BCUT2D eigenvalue weighted by atomic mass is 32.2. The van der Waals surface area contributed by atoms with E-state index in [-0.39, 0.29) is 30.4 Å². The van der Waals surface area contributed by atoms with Crippen molar-refractivity contribution in [1.82, 2.24) is 0 Å².